The number of aromatic nitrogens is 2. The summed E-state index contributed by atoms with van der Waals surface area (Å²) in [6.07, 6.45) is 3.85. The summed E-state index contributed by atoms with van der Waals surface area (Å²) in [5, 5.41) is 4.69. The normalized spacial score (nSPS) is 13.1. The summed E-state index contributed by atoms with van der Waals surface area (Å²) in [6, 6.07) is 0. The molecule has 110 valence electrons. The maximum absolute atomic E-state index is 6.49. The molecule has 5 heteroatoms. The summed E-state index contributed by atoms with van der Waals surface area (Å²) in [5.74, 6) is 1.46. The minimum atomic E-state index is 0.134. The molecule has 0 aromatic carbocycles. The first-order chi connectivity index (χ1) is 9.58. The van der Waals surface area contributed by atoms with Gasteiger partial charge in [-0.2, -0.15) is 0 Å². The molecule has 0 bridgehead atoms. The van der Waals surface area contributed by atoms with Gasteiger partial charge in [0.1, 0.15) is 17.0 Å². The third-order valence-electron chi connectivity index (χ3n) is 3.99. The number of hydrogen-bond acceptors (Lipinski definition) is 4. The molecule has 0 fully saturated rings. The Bertz CT molecular complexity index is 578. The lowest BCUT2D eigenvalue weighted by atomic mass is 9.99. The van der Waals surface area contributed by atoms with E-state index in [1.807, 2.05) is 0 Å². The summed E-state index contributed by atoms with van der Waals surface area (Å²) in [7, 11) is 0. The van der Waals surface area contributed by atoms with Crippen LogP contribution in [-0.2, 0) is 0 Å². The molecule has 0 aliphatic rings. The van der Waals surface area contributed by atoms with E-state index in [-0.39, 0.29) is 5.38 Å². The van der Waals surface area contributed by atoms with Gasteiger partial charge >= 0.3 is 0 Å². The number of nitrogens with one attached hydrogen (secondary N) is 1. The zero-order valence-corrected chi connectivity index (χ0v) is 14.1. The van der Waals surface area contributed by atoms with Crippen molar-refractivity contribution in [3.63, 3.8) is 0 Å². The van der Waals surface area contributed by atoms with Crippen molar-refractivity contribution in [2.45, 2.75) is 45.9 Å². The van der Waals surface area contributed by atoms with Gasteiger partial charge in [-0.15, -0.1) is 22.9 Å². The topological polar surface area (TPSA) is 37.8 Å². The highest BCUT2D eigenvalue weighted by Gasteiger charge is 2.17. The number of aryl methyl sites for hydroxylation is 2. The maximum Gasteiger partial charge on any atom is 0.138 e. The number of anilines is 1. The van der Waals surface area contributed by atoms with Gasteiger partial charge in [0, 0.05) is 11.4 Å². The lowest BCUT2D eigenvalue weighted by Gasteiger charge is -2.20. The lowest BCUT2D eigenvalue weighted by molar-refractivity contribution is 0.475. The Kier molecular flexibility index (Phi) is 5.22. The monoisotopic (exact) mass is 311 g/mol. The van der Waals surface area contributed by atoms with E-state index in [4.69, 9.17) is 11.6 Å². The summed E-state index contributed by atoms with van der Waals surface area (Å²) >= 11 is 8.21. The van der Waals surface area contributed by atoms with Crippen LogP contribution in [0.25, 0.3) is 10.2 Å². The third kappa shape index (κ3) is 3.07. The number of fused-ring (bicyclic) bond motifs is 1. The second kappa shape index (κ2) is 6.72. The minimum Gasteiger partial charge on any atom is -0.368 e. The van der Waals surface area contributed by atoms with Crippen molar-refractivity contribution in [3.8, 4) is 0 Å². The van der Waals surface area contributed by atoms with E-state index in [2.05, 4.69) is 43.0 Å². The molecule has 3 nitrogen and oxygen atoms in total. The molecule has 0 saturated carbocycles. The van der Waals surface area contributed by atoms with Crippen molar-refractivity contribution in [2.24, 2.45) is 5.92 Å². The smallest absolute Gasteiger partial charge is 0.138 e. The number of hydrogen-bond donors (Lipinski definition) is 1. The zero-order valence-electron chi connectivity index (χ0n) is 12.5. The van der Waals surface area contributed by atoms with Gasteiger partial charge in [0.05, 0.1) is 10.8 Å². The van der Waals surface area contributed by atoms with E-state index >= 15 is 0 Å². The molecule has 2 aromatic heterocycles. The van der Waals surface area contributed by atoms with Crippen LogP contribution in [0.4, 0.5) is 5.82 Å². The first-order valence-electron chi connectivity index (χ1n) is 7.17. The van der Waals surface area contributed by atoms with E-state index in [1.54, 1.807) is 17.7 Å². The predicted molar refractivity (Wildman–Crippen MR) is 89.1 cm³/mol. The highest BCUT2D eigenvalue weighted by Crippen LogP contribution is 2.32. The van der Waals surface area contributed by atoms with Gasteiger partial charge in [-0.05, 0) is 25.3 Å². The van der Waals surface area contributed by atoms with Crippen molar-refractivity contribution in [3.05, 3.63) is 16.8 Å². The van der Waals surface area contributed by atoms with Crippen LogP contribution >= 0.6 is 22.9 Å². The van der Waals surface area contributed by atoms with Crippen LogP contribution in [0.3, 0.4) is 0 Å². The van der Waals surface area contributed by atoms with Crippen LogP contribution in [0.1, 0.15) is 37.1 Å². The van der Waals surface area contributed by atoms with Gasteiger partial charge in [-0.25, -0.2) is 9.97 Å². The van der Waals surface area contributed by atoms with Gasteiger partial charge in [0.25, 0.3) is 0 Å². The summed E-state index contributed by atoms with van der Waals surface area (Å²) in [4.78, 5) is 11.1. The fourth-order valence-corrected chi connectivity index (χ4v) is 3.91. The van der Waals surface area contributed by atoms with Crippen molar-refractivity contribution < 1.29 is 0 Å². The van der Waals surface area contributed by atoms with Gasteiger partial charge in [-0.3, -0.25) is 0 Å². The van der Waals surface area contributed by atoms with E-state index in [0.717, 1.165) is 35.4 Å². The van der Waals surface area contributed by atoms with E-state index < -0.39 is 0 Å². The Hall–Kier alpha value is -0.870. The number of rotatable bonds is 6. The van der Waals surface area contributed by atoms with Crippen LogP contribution in [-0.4, -0.2) is 21.9 Å². The number of nitrogens with zero attached hydrogens (tertiary/aromatic N) is 2. The Balaban J connectivity index is 2.18. The van der Waals surface area contributed by atoms with Crippen molar-refractivity contribution in [1.82, 2.24) is 9.97 Å². The van der Waals surface area contributed by atoms with Gasteiger partial charge in [-0.1, -0.05) is 26.7 Å². The number of thiophene rings is 1. The van der Waals surface area contributed by atoms with Gasteiger partial charge < -0.3 is 5.32 Å². The van der Waals surface area contributed by atoms with E-state index in [0.29, 0.717) is 5.92 Å². The molecule has 1 atom stereocenters. The van der Waals surface area contributed by atoms with E-state index in [9.17, 15) is 0 Å². The molecule has 0 aliphatic heterocycles. The molecule has 1 unspecified atom stereocenters. The highest BCUT2D eigenvalue weighted by molar-refractivity contribution is 7.18. The second-order valence-electron chi connectivity index (χ2n) is 5.16. The minimum absolute atomic E-state index is 0.134. The van der Waals surface area contributed by atoms with Crippen LogP contribution < -0.4 is 5.32 Å². The molecule has 1 N–H and O–H groups in total. The third-order valence-corrected chi connectivity index (χ3v) is 5.62. The Labute approximate surface area is 129 Å². The molecule has 0 saturated heterocycles. The lowest BCUT2D eigenvalue weighted by Crippen LogP contribution is -2.23. The molecule has 0 radical (unpaired) electrons. The largest absolute Gasteiger partial charge is 0.368 e. The molecule has 20 heavy (non-hydrogen) atoms. The average Bonchev–Trinajstić information content (AvgIpc) is 2.74. The molecule has 2 aromatic rings. The van der Waals surface area contributed by atoms with Crippen molar-refractivity contribution in [2.75, 3.05) is 11.9 Å². The van der Waals surface area contributed by atoms with Gasteiger partial charge in [0.2, 0.25) is 0 Å². The number of halogens is 1. The Morgan fingerprint density at radius 3 is 2.60 bits per heavy atom. The molecule has 0 spiro atoms. The molecule has 0 amide bonds. The molecule has 2 rings (SSSR count). The van der Waals surface area contributed by atoms with Crippen LogP contribution in [0, 0.1) is 19.8 Å². The zero-order chi connectivity index (χ0) is 14.7. The van der Waals surface area contributed by atoms with Crippen molar-refractivity contribution >= 4 is 39.0 Å². The molecular formula is C15H22ClN3S. The summed E-state index contributed by atoms with van der Waals surface area (Å²) in [5.41, 5.74) is 1.27. The molecule has 0 aliphatic carbocycles. The summed E-state index contributed by atoms with van der Waals surface area (Å²) in [6.45, 7) is 9.38. The quantitative estimate of drug-likeness (QED) is 0.781. The van der Waals surface area contributed by atoms with Crippen LogP contribution in [0.2, 0.25) is 0 Å². The van der Waals surface area contributed by atoms with Gasteiger partial charge in [0.15, 0.2) is 0 Å². The van der Waals surface area contributed by atoms with E-state index in [1.165, 1.54) is 10.4 Å². The first-order valence-corrected chi connectivity index (χ1v) is 8.42. The SMILES string of the molecule is CCC(CC)C(Cl)CNc1ncnc2sc(C)c(C)c12. The van der Waals surface area contributed by atoms with Crippen molar-refractivity contribution in [1.29, 1.82) is 0 Å². The average molecular weight is 312 g/mol. The number of alkyl halides is 1. The first kappa shape index (κ1) is 15.5. The standard InChI is InChI=1S/C15H22ClN3S/c1-5-11(6-2)12(16)7-17-14-13-9(3)10(4)20-15(13)19-8-18-14/h8,11-12H,5-7H2,1-4H3,(H,17,18,19). The fourth-order valence-electron chi connectivity index (χ4n) is 2.48. The molecule has 2 heterocycles. The predicted octanol–water partition coefficient (Wildman–Crippen LogP) is 4.76. The van der Waals surface area contributed by atoms with Crippen LogP contribution in [0.15, 0.2) is 6.33 Å². The fraction of sp³-hybridized carbons (Fsp3) is 0.600. The Morgan fingerprint density at radius 2 is 1.95 bits per heavy atom. The molecular weight excluding hydrogens is 290 g/mol. The Morgan fingerprint density at radius 1 is 1.25 bits per heavy atom. The summed E-state index contributed by atoms with van der Waals surface area (Å²) < 4.78 is 0. The maximum atomic E-state index is 6.49. The highest BCUT2D eigenvalue weighted by atomic mass is 35.5. The van der Waals surface area contributed by atoms with Crippen LogP contribution in [0.5, 0.6) is 0 Å². The second-order valence-corrected chi connectivity index (χ2v) is 6.92.